The fraction of sp³-hybridized carbons (Fsp3) is 0.333. The summed E-state index contributed by atoms with van der Waals surface area (Å²) in [5.74, 6) is -0.106. The molecule has 0 saturated carbocycles. The highest BCUT2D eigenvalue weighted by Crippen LogP contribution is 2.28. The Hall–Kier alpha value is -2.70. The van der Waals surface area contributed by atoms with Crippen LogP contribution in [0.25, 0.3) is 0 Å². The zero-order chi connectivity index (χ0) is 15.9. The van der Waals surface area contributed by atoms with Crippen LogP contribution in [0.3, 0.4) is 0 Å². The normalized spacial score (nSPS) is 13.3. The van der Waals surface area contributed by atoms with E-state index in [0.29, 0.717) is 17.9 Å². The standard InChI is InChI=1S/C15H16N4O3/c1-10-15(19(21)22)11(2)18(16-10)9-14(20)17-8-7-12-5-3-4-6-13(12)17/h3-6H,7-9H2,1-2H3. The average molecular weight is 300 g/mol. The van der Waals surface area contributed by atoms with E-state index in [0.717, 1.165) is 17.7 Å². The van der Waals surface area contributed by atoms with E-state index in [1.807, 2.05) is 24.3 Å². The average Bonchev–Trinajstić information content (AvgIpc) is 3.00. The number of carbonyl (C=O) groups excluding carboxylic acids is 1. The molecule has 0 spiro atoms. The van der Waals surface area contributed by atoms with E-state index in [1.54, 1.807) is 18.7 Å². The molecule has 7 heteroatoms. The summed E-state index contributed by atoms with van der Waals surface area (Å²) >= 11 is 0. The van der Waals surface area contributed by atoms with Gasteiger partial charge in [-0.25, -0.2) is 0 Å². The molecule has 1 aromatic heterocycles. The Morgan fingerprint density at radius 2 is 2.09 bits per heavy atom. The van der Waals surface area contributed by atoms with Gasteiger partial charge in [-0.3, -0.25) is 19.6 Å². The van der Waals surface area contributed by atoms with E-state index in [-0.39, 0.29) is 18.1 Å². The van der Waals surface area contributed by atoms with Crippen molar-refractivity contribution in [3.8, 4) is 0 Å². The van der Waals surface area contributed by atoms with Crippen LogP contribution in [0.4, 0.5) is 11.4 Å². The Labute approximate surface area is 127 Å². The van der Waals surface area contributed by atoms with Crippen LogP contribution in [0.5, 0.6) is 0 Å². The van der Waals surface area contributed by atoms with Gasteiger partial charge in [-0.15, -0.1) is 0 Å². The van der Waals surface area contributed by atoms with Crippen molar-refractivity contribution in [2.45, 2.75) is 26.8 Å². The van der Waals surface area contributed by atoms with Crippen molar-refractivity contribution in [1.29, 1.82) is 0 Å². The van der Waals surface area contributed by atoms with Gasteiger partial charge in [0, 0.05) is 12.2 Å². The molecule has 0 N–H and O–H groups in total. The molecule has 0 bridgehead atoms. The van der Waals surface area contributed by atoms with Gasteiger partial charge in [0.1, 0.15) is 17.9 Å². The number of hydrogen-bond donors (Lipinski definition) is 0. The minimum Gasteiger partial charge on any atom is -0.310 e. The van der Waals surface area contributed by atoms with Gasteiger partial charge in [-0.2, -0.15) is 5.10 Å². The molecule has 0 unspecified atom stereocenters. The number of carbonyl (C=O) groups is 1. The second kappa shape index (κ2) is 5.25. The van der Waals surface area contributed by atoms with Gasteiger partial charge in [-0.05, 0) is 31.9 Å². The number of para-hydroxylation sites is 1. The fourth-order valence-electron chi connectivity index (χ4n) is 2.92. The highest BCUT2D eigenvalue weighted by Gasteiger charge is 2.27. The highest BCUT2D eigenvalue weighted by atomic mass is 16.6. The number of aromatic nitrogens is 2. The molecule has 1 aromatic carbocycles. The monoisotopic (exact) mass is 300 g/mol. The summed E-state index contributed by atoms with van der Waals surface area (Å²) < 4.78 is 1.41. The largest absolute Gasteiger partial charge is 0.312 e. The van der Waals surface area contributed by atoms with E-state index in [9.17, 15) is 14.9 Å². The minimum atomic E-state index is -0.455. The topological polar surface area (TPSA) is 81.3 Å². The van der Waals surface area contributed by atoms with Crippen LogP contribution in [-0.2, 0) is 17.8 Å². The number of aryl methyl sites for hydroxylation is 1. The third-order valence-corrected chi connectivity index (χ3v) is 4.00. The number of amides is 1. The zero-order valence-corrected chi connectivity index (χ0v) is 12.4. The Balaban J connectivity index is 1.85. The molecule has 0 aliphatic carbocycles. The molecule has 2 aromatic rings. The number of nitrogens with zero attached hydrogens (tertiary/aromatic N) is 4. The second-order valence-electron chi connectivity index (χ2n) is 5.36. The molecular formula is C15H16N4O3. The van der Waals surface area contributed by atoms with Gasteiger partial charge in [0.15, 0.2) is 0 Å². The Morgan fingerprint density at radius 1 is 1.36 bits per heavy atom. The molecule has 114 valence electrons. The molecule has 0 radical (unpaired) electrons. The quantitative estimate of drug-likeness (QED) is 0.641. The predicted molar refractivity (Wildman–Crippen MR) is 80.9 cm³/mol. The summed E-state index contributed by atoms with van der Waals surface area (Å²) in [5.41, 5.74) is 2.79. The van der Waals surface area contributed by atoms with Gasteiger partial charge in [0.05, 0.1) is 4.92 Å². The molecule has 0 atom stereocenters. The van der Waals surface area contributed by atoms with Crippen LogP contribution in [0.15, 0.2) is 24.3 Å². The highest BCUT2D eigenvalue weighted by molar-refractivity contribution is 5.95. The molecule has 7 nitrogen and oxygen atoms in total. The van der Waals surface area contributed by atoms with Crippen molar-refractivity contribution >= 4 is 17.3 Å². The molecule has 3 rings (SSSR count). The molecule has 22 heavy (non-hydrogen) atoms. The number of hydrogen-bond acceptors (Lipinski definition) is 4. The van der Waals surface area contributed by atoms with E-state index in [1.165, 1.54) is 4.68 Å². The summed E-state index contributed by atoms with van der Waals surface area (Å²) in [7, 11) is 0. The number of anilines is 1. The van der Waals surface area contributed by atoms with Crippen molar-refractivity contribution in [2.75, 3.05) is 11.4 Å². The summed E-state index contributed by atoms with van der Waals surface area (Å²) in [6.07, 6.45) is 0.833. The van der Waals surface area contributed by atoms with Crippen LogP contribution < -0.4 is 4.90 Å². The van der Waals surface area contributed by atoms with Crippen LogP contribution >= 0.6 is 0 Å². The van der Waals surface area contributed by atoms with E-state index in [2.05, 4.69) is 5.10 Å². The van der Waals surface area contributed by atoms with Gasteiger partial charge >= 0.3 is 5.69 Å². The van der Waals surface area contributed by atoms with Crippen LogP contribution in [0.2, 0.25) is 0 Å². The van der Waals surface area contributed by atoms with Crippen molar-refractivity contribution in [3.05, 3.63) is 51.3 Å². The van der Waals surface area contributed by atoms with Crippen LogP contribution in [0, 0.1) is 24.0 Å². The smallest absolute Gasteiger partial charge is 0.310 e. The third-order valence-electron chi connectivity index (χ3n) is 4.00. The summed E-state index contributed by atoms with van der Waals surface area (Å²) in [4.78, 5) is 24.8. The molecular weight excluding hydrogens is 284 g/mol. The zero-order valence-electron chi connectivity index (χ0n) is 12.4. The first kappa shape index (κ1) is 14.2. The van der Waals surface area contributed by atoms with Crippen molar-refractivity contribution < 1.29 is 9.72 Å². The summed E-state index contributed by atoms with van der Waals surface area (Å²) in [6.45, 7) is 3.84. The number of fused-ring (bicyclic) bond motifs is 1. The van der Waals surface area contributed by atoms with Gasteiger partial charge in [-0.1, -0.05) is 18.2 Å². The minimum absolute atomic E-state index is 0.00878. The molecule has 0 saturated heterocycles. The lowest BCUT2D eigenvalue weighted by Crippen LogP contribution is -2.32. The number of nitro groups is 1. The first-order chi connectivity index (χ1) is 10.5. The van der Waals surface area contributed by atoms with Crippen molar-refractivity contribution in [1.82, 2.24) is 9.78 Å². The lowest BCUT2D eigenvalue weighted by Gasteiger charge is -2.17. The van der Waals surface area contributed by atoms with Gasteiger partial charge < -0.3 is 4.90 Å². The van der Waals surface area contributed by atoms with Gasteiger partial charge in [0.25, 0.3) is 0 Å². The maximum atomic E-state index is 12.5. The maximum Gasteiger partial charge on any atom is 0.312 e. The Kier molecular flexibility index (Phi) is 3.40. The predicted octanol–water partition coefficient (Wildman–Crippen LogP) is 2.00. The van der Waals surface area contributed by atoms with E-state index < -0.39 is 4.92 Å². The number of benzene rings is 1. The van der Waals surface area contributed by atoms with Crippen molar-refractivity contribution in [2.24, 2.45) is 0 Å². The molecule has 2 heterocycles. The fourth-order valence-corrected chi connectivity index (χ4v) is 2.92. The van der Waals surface area contributed by atoms with Gasteiger partial charge in [0.2, 0.25) is 5.91 Å². The molecule has 0 fully saturated rings. The summed E-state index contributed by atoms with van der Waals surface area (Å²) in [5, 5.41) is 15.1. The molecule has 1 amide bonds. The second-order valence-corrected chi connectivity index (χ2v) is 5.36. The SMILES string of the molecule is Cc1nn(CC(=O)N2CCc3ccccc32)c(C)c1[N+](=O)[O-]. The Bertz CT molecular complexity index is 766. The number of rotatable bonds is 3. The molecule has 1 aliphatic rings. The first-order valence-corrected chi connectivity index (χ1v) is 7.05. The Morgan fingerprint density at radius 3 is 2.77 bits per heavy atom. The maximum absolute atomic E-state index is 12.5. The molecule has 1 aliphatic heterocycles. The first-order valence-electron chi connectivity index (χ1n) is 7.05. The van der Waals surface area contributed by atoms with E-state index in [4.69, 9.17) is 0 Å². The summed E-state index contributed by atoms with van der Waals surface area (Å²) in [6, 6.07) is 7.79. The van der Waals surface area contributed by atoms with E-state index >= 15 is 0 Å². The lowest BCUT2D eigenvalue weighted by atomic mass is 10.2. The lowest BCUT2D eigenvalue weighted by molar-refractivity contribution is -0.386. The van der Waals surface area contributed by atoms with Crippen molar-refractivity contribution in [3.63, 3.8) is 0 Å². The third kappa shape index (κ3) is 2.24. The van der Waals surface area contributed by atoms with Crippen LogP contribution in [0.1, 0.15) is 17.0 Å². The van der Waals surface area contributed by atoms with Crippen LogP contribution in [-0.4, -0.2) is 27.2 Å².